The highest BCUT2D eigenvalue weighted by Gasteiger charge is 2.13. The molecule has 5 nitrogen and oxygen atoms in total. The molecule has 1 aromatic carbocycles. The molecule has 0 heterocycles. The topological polar surface area (TPSA) is 91.7 Å². The molecule has 0 aliphatic heterocycles. The van der Waals surface area contributed by atoms with Crippen LogP contribution in [0.4, 0.5) is 0 Å². The largest absolute Gasteiger partial charge is 0.481 e. The first-order valence-corrected chi connectivity index (χ1v) is 5.00. The van der Waals surface area contributed by atoms with E-state index in [-0.39, 0.29) is 24.2 Å². The van der Waals surface area contributed by atoms with Gasteiger partial charge in [0, 0.05) is 12.0 Å². The van der Waals surface area contributed by atoms with Crippen molar-refractivity contribution in [2.45, 2.75) is 19.8 Å². The molecule has 0 radical (unpaired) electrons. The number of benzene rings is 1. The summed E-state index contributed by atoms with van der Waals surface area (Å²) in [6, 6.07) is 4.27. The van der Waals surface area contributed by atoms with E-state index in [1.54, 1.807) is 0 Å². The summed E-state index contributed by atoms with van der Waals surface area (Å²) in [6.07, 6.45) is -0.00511. The molecular formula is C12H12O5. The lowest BCUT2D eigenvalue weighted by Gasteiger charge is -2.06. The SMILES string of the molecule is CC(=O)c1ccc(CCC(=O)O)c(C(=O)O)c1. The average molecular weight is 236 g/mol. The lowest BCUT2D eigenvalue weighted by atomic mass is 9.99. The minimum absolute atomic E-state index is 0.0149. The number of aromatic carboxylic acids is 1. The van der Waals surface area contributed by atoms with Crippen molar-refractivity contribution in [1.29, 1.82) is 0 Å². The van der Waals surface area contributed by atoms with Gasteiger partial charge in [-0.25, -0.2) is 4.79 Å². The lowest BCUT2D eigenvalue weighted by molar-refractivity contribution is -0.136. The second-order valence-corrected chi connectivity index (χ2v) is 3.63. The van der Waals surface area contributed by atoms with E-state index in [9.17, 15) is 14.4 Å². The maximum absolute atomic E-state index is 11.1. The highest BCUT2D eigenvalue weighted by atomic mass is 16.4. The third-order valence-electron chi connectivity index (χ3n) is 2.36. The Labute approximate surface area is 97.7 Å². The molecule has 0 fully saturated rings. The Hall–Kier alpha value is -2.17. The van der Waals surface area contributed by atoms with E-state index < -0.39 is 11.9 Å². The summed E-state index contributed by atoms with van der Waals surface area (Å²) in [4.78, 5) is 32.5. The van der Waals surface area contributed by atoms with Crippen molar-refractivity contribution < 1.29 is 24.6 Å². The van der Waals surface area contributed by atoms with Crippen molar-refractivity contribution >= 4 is 17.7 Å². The van der Waals surface area contributed by atoms with Crippen LogP contribution in [-0.4, -0.2) is 27.9 Å². The zero-order valence-electron chi connectivity index (χ0n) is 9.27. The first-order chi connectivity index (χ1) is 7.91. The maximum Gasteiger partial charge on any atom is 0.335 e. The number of aryl methyl sites for hydroxylation is 1. The lowest BCUT2D eigenvalue weighted by Crippen LogP contribution is -2.07. The molecule has 0 aliphatic rings. The quantitative estimate of drug-likeness (QED) is 0.757. The predicted octanol–water partition coefficient (Wildman–Crippen LogP) is 1.60. The minimum atomic E-state index is -1.16. The van der Waals surface area contributed by atoms with Gasteiger partial charge in [-0.3, -0.25) is 9.59 Å². The van der Waals surface area contributed by atoms with Gasteiger partial charge in [-0.2, -0.15) is 0 Å². The fourth-order valence-corrected chi connectivity index (χ4v) is 1.45. The van der Waals surface area contributed by atoms with Crippen molar-refractivity contribution in [3.8, 4) is 0 Å². The van der Waals surface area contributed by atoms with Crippen LogP contribution in [0.3, 0.4) is 0 Å². The first-order valence-electron chi connectivity index (χ1n) is 5.00. The second-order valence-electron chi connectivity index (χ2n) is 3.63. The van der Waals surface area contributed by atoms with Crippen LogP contribution in [0.2, 0.25) is 0 Å². The third kappa shape index (κ3) is 3.41. The number of ketones is 1. The minimum Gasteiger partial charge on any atom is -0.481 e. The predicted molar refractivity (Wildman–Crippen MR) is 59.4 cm³/mol. The number of rotatable bonds is 5. The molecule has 0 saturated heterocycles. The van der Waals surface area contributed by atoms with Crippen LogP contribution in [0, 0.1) is 0 Å². The Morgan fingerprint density at radius 1 is 1.18 bits per heavy atom. The monoisotopic (exact) mass is 236 g/mol. The standard InChI is InChI=1S/C12H12O5/c1-7(13)9-3-2-8(4-5-11(14)15)10(6-9)12(16)17/h2-3,6H,4-5H2,1H3,(H,14,15)(H,16,17). The summed E-state index contributed by atoms with van der Waals surface area (Å²) in [5.74, 6) is -2.37. The van der Waals surface area contributed by atoms with E-state index in [1.165, 1.54) is 25.1 Å². The zero-order valence-corrected chi connectivity index (χ0v) is 9.27. The third-order valence-corrected chi connectivity index (χ3v) is 2.36. The molecule has 90 valence electrons. The highest BCUT2D eigenvalue weighted by Crippen LogP contribution is 2.15. The number of carboxylic acid groups (broad SMARTS) is 2. The number of carbonyl (C=O) groups excluding carboxylic acids is 1. The van der Waals surface area contributed by atoms with Gasteiger partial charge in [0.05, 0.1) is 5.56 Å². The Balaban J connectivity index is 3.08. The molecule has 2 N–H and O–H groups in total. The van der Waals surface area contributed by atoms with Crippen molar-refractivity contribution in [3.63, 3.8) is 0 Å². The number of aliphatic carboxylic acids is 1. The summed E-state index contributed by atoms with van der Waals surface area (Å²) < 4.78 is 0. The van der Waals surface area contributed by atoms with Crippen molar-refractivity contribution in [1.82, 2.24) is 0 Å². The van der Waals surface area contributed by atoms with Crippen LogP contribution in [-0.2, 0) is 11.2 Å². The van der Waals surface area contributed by atoms with Gasteiger partial charge in [0.15, 0.2) is 5.78 Å². The van der Waals surface area contributed by atoms with Crippen LogP contribution >= 0.6 is 0 Å². The van der Waals surface area contributed by atoms with Crippen LogP contribution < -0.4 is 0 Å². The van der Waals surface area contributed by atoms with Gasteiger partial charge >= 0.3 is 11.9 Å². The van der Waals surface area contributed by atoms with E-state index >= 15 is 0 Å². The van der Waals surface area contributed by atoms with E-state index in [2.05, 4.69) is 0 Å². The van der Waals surface area contributed by atoms with Crippen molar-refractivity contribution in [2.24, 2.45) is 0 Å². The molecule has 0 unspecified atom stereocenters. The molecule has 1 aromatic rings. The van der Waals surface area contributed by atoms with Gasteiger partial charge in [-0.15, -0.1) is 0 Å². The Kier molecular flexibility index (Phi) is 3.98. The molecule has 17 heavy (non-hydrogen) atoms. The van der Waals surface area contributed by atoms with Crippen LogP contribution in [0.15, 0.2) is 18.2 Å². The Morgan fingerprint density at radius 3 is 2.29 bits per heavy atom. The Morgan fingerprint density at radius 2 is 1.82 bits per heavy atom. The molecule has 0 bridgehead atoms. The number of Topliss-reactive ketones (excluding diaryl/α,β-unsaturated/α-hetero) is 1. The fourth-order valence-electron chi connectivity index (χ4n) is 1.45. The summed E-state index contributed by atoms with van der Waals surface area (Å²) in [5.41, 5.74) is 0.713. The molecule has 0 saturated carbocycles. The number of carboxylic acids is 2. The van der Waals surface area contributed by atoms with E-state index in [1.807, 2.05) is 0 Å². The molecule has 0 spiro atoms. The van der Waals surface area contributed by atoms with Gasteiger partial charge in [0.2, 0.25) is 0 Å². The van der Waals surface area contributed by atoms with E-state index in [0.29, 0.717) is 11.1 Å². The fraction of sp³-hybridized carbons (Fsp3) is 0.250. The second kappa shape index (κ2) is 5.25. The first kappa shape index (κ1) is 12.9. The van der Waals surface area contributed by atoms with Crippen LogP contribution in [0.25, 0.3) is 0 Å². The van der Waals surface area contributed by atoms with Crippen molar-refractivity contribution in [3.05, 3.63) is 34.9 Å². The van der Waals surface area contributed by atoms with Crippen molar-refractivity contribution in [2.75, 3.05) is 0 Å². The summed E-state index contributed by atoms with van der Waals surface area (Å²) >= 11 is 0. The molecule has 0 atom stereocenters. The van der Waals surface area contributed by atoms with Gasteiger partial charge in [0.1, 0.15) is 0 Å². The zero-order chi connectivity index (χ0) is 13.0. The van der Waals surface area contributed by atoms with Crippen LogP contribution in [0.1, 0.15) is 39.6 Å². The van der Waals surface area contributed by atoms with E-state index in [0.717, 1.165) is 0 Å². The van der Waals surface area contributed by atoms with Gasteiger partial charge < -0.3 is 10.2 Å². The molecule has 1 rings (SSSR count). The molecule has 0 aliphatic carbocycles. The molecular weight excluding hydrogens is 224 g/mol. The number of hydrogen-bond donors (Lipinski definition) is 2. The van der Waals surface area contributed by atoms with Crippen LogP contribution in [0.5, 0.6) is 0 Å². The average Bonchev–Trinajstić information content (AvgIpc) is 2.25. The Bertz CT molecular complexity index is 476. The molecule has 5 heteroatoms. The summed E-state index contributed by atoms with van der Waals surface area (Å²) in [5, 5.41) is 17.5. The van der Waals surface area contributed by atoms with Gasteiger partial charge in [-0.1, -0.05) is 12.1 Å². The summed E-state index contributed by atoms with van der Waals surface area (Å²) in [6.45, 7) is 1.35. The van der Waals surface area contributed by atoms with Gasteiger partial charge in [-0.05, 0) is 25.0 Å². The number of carbonyl (C=O) groups is 3. The molecule has 0 aromatic heterocycles. The van der Waals surface area contributed by atoms with E-state index in [4.69, 9.17) is 10.2 Å². The van der Waals surface area contributed by atoms with Gasteiger partial charge in [0.25, 0.3) is 0 Å². The summed E-state index contributed by atoms with van der Waals surface area (Å²) in [7, 11) is 0. The smallest absolute Gasteiger partial charge is 0.335 e. The maximum atomic E-state index is 11.1. The highest BCUT2D eigenvalue weighted by molar-refractivity contribution is 5.98. The number of hydrogen-bond acceptors (Lipinski definition) is 3. The normalized spacial score (nSPS) is 9.94. The molecule has 0 amide bonds.